The Kier molecular flexibility index (Phi) is 9.25. The van der Waals surface area contributed by atoms with Crippen LogP contribution in [0.5, 0.6) is 0 Å². The van der Waals surface area contributed by atoms with Crippen molar-refractivity contribution in [2.45, 2.75) is 53.1 Å². The number of carbonyl (C=O) groups excluding carboxylic acids is 1. The van der Waals surface area contributed by atoms with E-state index in [9.17, 15) is 4.79 Å². The van der Waals surface area contributed by atoms with Crippen LogP contribution in [0.25, 0.3) is 0 Å². The number of ether oxygens (including phenoxy) is 1. The highest BCUT2D eigenvalue weighted by Crippen LogP contribution is 2.34. The van der Waals surface area contributed by atoms with Crippen LogP contribution in [0.3, 0.4) is 0 Å². The first kappa shape index (κ1) is 22.7. The van der Waals surface area contributed by atoms with E-state index in [1.54, 1.807) is 0 Å². The predicted octanol–water partition coefficient (Wildman–Crippen LogP) is 3.26. The van der Waals surface area contributed by atoms with Gasteiger partial charge in [-0.15, -0.1) is 11.3 Å². The molecule has 2 atom stereocenters. The Morgan fingerprint density at radius 1 is 1.29 bits per heavy atom. The van der Waals surface area contributed by atoms with Gasteiger partial charge < -0.3 is 20.7 Å². The first-order valence-electron chi connectivity index (χ1n) is 10.4. The van der Waals surface area contributed by atoms with E-state index in [1.807, 2.05) is 17.5 Å². The molecule has 6 nitrogen and oxygen atoms in total. The zero-order valence-electron chi connectivity index (χ0n) is 17.7. The predicted molar refractivity (Wildman–Crippen MR) is 117 cm³/mol. The van der Waals surface area contributed by atoms with Crippen molar-refractivity contribution >= 4 is 23.2 Å². The third-order valence-electron chi connectivity index (χ3n) is 4.80. The van der Waals surface area contributed by atoms with E-state index >= 15 is 0 Å². The molecule has 1 aliphatic rings. The standard InChI is InChI=1S/C21H36N4O2S/c1-5-22-20(24-12-8-11-23-19(26)17-10-7-14-28-17)25-15-16-9-6-13-27-18(16)21(2,3)4/h7,10,14,16,18H,5-6,8-9,11-13,15H2,1-4H3,(H,23,26)(H2,22,24,25). The highest BCUT2D eigenvalue weighted by Gasteiger charge is 2.35. The normalized spacial score (nSPS) is 20.6. The third kappa shape index (κ3) is 7.43. The number of hydrogen-bond acceptors (Lipinski definition) is 4. The monoisotopic (exact) mass is 408 g/mol. The molecule has 1 aromatic rings. The number of hydrogen-bond donors (Lipinski definition) is 3. The Morgan fingerprint density at radius 3 is 2.75 bits per heavy atom. The van der Waals surface area contributed by atoms with E-state index in [2.05, 4.69) is 43.6 Å². The fourth-order valence-electron chi connectivity index (χ4n) is 3.53. The van der Waals surface area contributed by atoms with Gasteiger partial charge >= 0.3 is 0 Å². The Labute approximate surface area is 173 Å². The molecule has 2 unspecified atom stereocenters. The van der Waals surface area contributed by atoms with Crippen LogP contribution in [0, 0.1) is 11.3 Å². The van der Waals surface area contributed by atoms with Gasteiger partial charge in [0.15, 0.2) is 5.96 Å². The summed E-state index contributed by atoms with van der Waals surface area (Å²) in [5.74, 6) is 1.29. The maximum atomic E-state index is 11.9. The summed E-state index contributed by atoms with van der Waals surface area (Å²) >= 11 is 1.46. The molecular formula is C21H36N4O2S. The van der Waals surface area contributed by atoms with Crippen LogP contribution in [-0.4, -0.2) is 50.8 Å². The molecule has 0 aliphatic carbocycles. The Balaban J connectivity index is 1.76. The van der Waals surface area contributed by atoms with Crippen molar-refractivity contribution in [2.24, 2.45) is 16.3 Å². The molecule has 1 fully saturated rings. The molecule has 1 saturated heterocycles. The van der Waals surface area contributed by atoms with Crippen LogP contribution in [-0.2, 0) is 4.74 Å². The van der Waals surface area contributed by atoms with E-state index in [4.69, 9.17) is 9.73 Å². The lowest BCUT2D eigenvalue weighted by Crippen LogP contribution is -2.43. The second-order valence-corrected chi connectivity index (χ2v) is 9.24. The quantitative estimate of drug-likeness (QED) is 0.351. The number of aliphatic imine (C=N–C) groups is 1. The number of rotatable bonds is 8. The van der Waals surface area contributed by atoms with Gasteiger partial charge in [0.2, 0.25) is 0 Å². The van der Waals surface area contributed by atoms with Gasteiger partial charge in [0.25, 0.3) is 5.91 Å². The van der Waals surface area contributed by atoms with Gasteiger partial charge in [0, 0.05) is 38.7 Å². The summed E-state index contributed by atoms with van der Waals surface area (Å²) in [4.78, 5) is 17.5. The largest absolute Gasteiger partial charge is 0.377 e. The third-order valence-corrected chi connectivity index (χ3v) is 5.67. The highest BCUT2D eigenvalue weighted by molar-refractivity contribution is 7.12. The van der Waals surface area contributed by atoms with Gasteiger partial charge in [0.1, 0.15) is 0 Å². The Hall–Kier alpha value is -1.60. The van der Waals surface area contributed by atoms with E-state index in [0.717, 1.165) is 49.9 Å². The molecule has 3 N–H and O–H groups in total. The van der Waals surface area contributed by atoms with Crippen LogP contribution >= 0.6 is 11.3 Å². The van der Waals surface area contributed by atoms with Crippen molar-refractivity contribution in [3.8, 4) is 0 Å². The second kappa shape index (κ2) is 11.4. The summed E-state index contributed by atoms with van der Waals surface area (Å²) in [5.41, 5.74) is 0.132. The fraction of sp³-hybridized carbons (Fsp3) is 0.714. The van der Waals surface area contributed by atoms with Crippen LogP contribution in [0.4, 0.5) is 0 Å². The topological polar surface area (TPSA) is 74.8 Å². The molecular weight excluding hydrogens is 372 g/mol. The van der Waals surface area contributed by atoms with Gasteiger partial charge in [0.05, 0.1) is 11.0 Å². The molecule has 158 valence electrons. The van der Waals surface area contributed by atoms with Crippen molar-refractivity contribution in [1.29, 1.82) is 0 Å². The zero-order valence-corrected chi connectivity index (χ0v) is 18.5. The summed E-state index contributed by atoms with van der Waals surface area (Å²) in [5, 5.41) is 11.5. The molecule has 28 heavy (non-hydrogen) atoms. The molecule has 0 bridgehead atoms. The number of guanidine groups is 1. The summed E-state index contributed by atoms with van der Waals surface area (Å²) < 4.78 is 6.06. The lowest BCUT2D eigenvalue weighted by molar-refractivity contribution is -0.0823. The van der Waals surface area contributed by atoms with Gasteiger partial charge in [-0.1, -0.05) is 26.8 Å². The smallest absolute Gasteiger partial charge is 0.261 e. The average Bonchev–Trinajstić information content (AvgIpc) is 3.20. The minimum absolute atomic E-state index is 0.00101. The summed E-state index contributed by atoms with van der Waals surface area (Å²) in [6.07, 6.45) is 3.37. The minimum atomic E-state index is 0.00101. The summed E-state index contributed by atoms with van der Waals surface area (Å²) in [6, 6.07) is 3.73. The van der Waals surface area contributed by atoms with Crippen molar-refractivity contribution in [3.05, 3.63) is 22.4 Å². The van der Waals surface area contributed by atoms with Crippen LogP contribution in [0.15, 0.2) is 22.5 Å². The lowest BCUT2D eigenvalue weighted by atomic mass is 9.78. The molecule has 1 aliphatic heterocycles. The zero-order chi connectivity index (χ0) is 20.4. The number of thiophene rings is 1. The van der Waals surface area contributed by atoms with Crippen molar-refractivity contribution < 1.29 is 9.53 Å². The minimum Gasteiger partial charge on any atom is -0.377 e. The Morgan fingerprint density at radius 2 is 2.07 bits per heavy atom. The van der Waals surface area contributed by atoms with E-state index in [0.29, 0.717) is 12.5 Å². The first-order chi connectivity index (χ1) is 13.4. The molecule has 7 heteroatoms. The molecule has 0 aromatic carbocycles. The molecule has 0 saturated carbocycles. The van der Waals surface area contributed by atoms with Crippen molar-refractivity contribution in [3.63, 3.8) is 0 Å². The van der Waals surface area contributed by atoms with E-state index in [1.165, 1.54) is 17.8 Å². The van der Waals surface area contributed by atoms with Crippen LogP contribution < -0.4 is 16.0 Å². The average molecular weight is 409 g/mol. The second-order valence-electron chi connectivity index (χ2n) is 8.29. The SMILES string of the molecule is CCNC(=NCC1CCCOC1C(C)(C)C)NCCCNC(=O)c1cccs1. The molecule has 2 rings (SSSR count). The molecule has 0 spiro atoms. The number of nitrogens with one attached hydrogen (secondary N) is 3. The number of amides is 1. The van der Waals surface area contributed by atoms with Gasteiger partial charge in [-0.05, 0) is 43.0 Å². The maximum absolute atomic E-state index is 11.9. The molecule has 0 radical (unpaired) electrons. The maximum Gasteiger partial charge on any atom is 0.261 e. The van der Waals surface area contributed by atoms with Crippen LogP contribution in [0.1, 0.15) is 56.6 Å². The van der Waals surface area contributed by atoms with Gasteiger partial charge in [-0.3, -0.25) is 9.79 Å². The van der Waals surface area contributed by atoms with Gasteiger partial charge in [-0.2, -0.15) is 0 Å². The number of nitrogens with zero attached hydrogens (tertiary/aromatic N) is 1. The first-order valence-corrected chi connectivity index (χ1v) is 11.2. The molecule has 1 amide bonds. The van der Waals surface area contributed by atoms with Crippen LogP contribution in [0.2, 0.25) is 0 Å². The highest BCUT2D eigenvalue weighted by atomic mass is 32.1. The molecule has 1 aromatic heterocycles. The van der Waals surface area contributed by atoms with Crippen molar-refractivity contribution in [2.75, 3.05) is 32.8 Å². The lowest BCUT2D eigenvalue weighted by Gasteiger charge is -2.39. The summed E-state index contributed by atoms with van der Waals surface area (Å²) in [6.45, 7) is 12.7. The van der Waals surface area contributed by atoms with Gasteiger partial charge in [-0.25, -0.2) is 0 Å². The fourth-order valence-corrected chi connectivity index (χ4v) is 4.17. The molecule has 2 heterocycles. The summed E-state index contributed by atoms with van der Waals surface area (Å²) in [7, 11) is 0. The Bertz CT molecular complexity index is 610. The van der Waals surface area contributed by atoms with Crippen molar-refractivity contribution in [1.82, 2.24) is 16.0 Å². The van der Waals surface area contributed by atoms with E-state index < -0.39 is 0 Å². The van der Waals surface area contributed by atoms with E-state index in [-0.39, 0.29) is 17.4 Å². The number of carbonyl (C=O) groups is 1.